The summed E-state index contributed by atoms with van der Waals surface area (Å²) in [6.45, 7) is 3.96. The van der Waals surface area contributed by atoms with Gasteiger partial charge in [0.25, 0.3) is 0 Å². The van der Waals surface area contributed by atoms with E-state index >= 15 is 0 Å². The maximum Gasteiger partial charge on any atom is 0.229 e. The van der Waals surface area contributed by atoms with E-state index in [-0.39, 0.29) is 11.8 Å². The van der Waals surface area contributed by atoms with Crippen molar-refractivity contribution in [1.82, 2.24) is 15.5 Å². The van der Waals surface area contributed by atoms with Crippen LogP contribution in [-0.4, -0.2) is 29.2 Å². The van der Waals surface area contributed by atoms with Crippen molar-refractivity contribution < 1.29 is 4.79 Å². The predicted octanol–water partition coefficient (Wildman–Crippen LogP) is 1.43. The number of piperidine rings is 1. The minimum atomic E-state index is 0.0886. The predicted molar refractivity (Wildman–Crippen MR) is 68.1 cm³/mol. The molecule has 0 unspecified atom stereocenters. The lowest BCUT2D eigenvalue weighted by atomic mass is 9.97. The Balaban J connectivity index is 1.88. The van der Waals surface area contributed by atoms with Crippen molar-refractivity contribution in [1.29, 1.82) is 0 Å². The Hall–Kier alpha value is -1.01. The number of aryl methyl sites for hydroxylation is 1. The Morgan fingerprint density at radius 1 is 1.47 bits per heavy atom. The van der Waals surface area contributed by atoms with Gasteiger partial charge in [0.15, 0.2) is 0 Å². The van der Waals surface area contributed by atoms with Crippen LogP contribution >= 0.6 is 11.3 Å². The molecule has 94 valence electrons. The second kappa shape index (κ2) is 6.07. The first-order valence-corrected chi connectivity index (χ1v) is 6.95. The number of hydrogen-bond acceptors (Lipinski definition) is 5. The zero-order valence-corrected chi connectivity index (χ0v) is 10.8. The molecule has 1 aromatic rings. The van der Waals surface area contributed by atoms with Crippen molar-refractivity contribution in [2.45, 2.75) is 32.6 Å². The van der Waals surface area contributed by atoms with Gasteiger partial charge in [-0.1, -0.05) is 18.3 Å². The number of anilines is 1. The third-order valence-electron chi connectivity index (χ3n) is 2.87. The van der Waals surface area contributed by atoms with Crippen LogP contribution in [0, 0.1) is 5.92 Å². The summed E-state index contributed by atoms with van der Waals surface area (Å²) in [6, 6.07) is 0. The molecule has 17 heavy (non-hydrogen) atoms. The van der Waals surface area contributed by atoms with Crippen molar-refractivity contribution in [2.24, 2.45) is 5.92 Å². The molecular weight excluding hydrogens is 236 g/mol. The fourth-order valence-corrected chi connectivity index (χ4v) is 2.75. The van der Waals surface area contributed by atoms with Crippen LogP contribution in [0.1, 0.15) is 31.2 Å². The lowest BCUT2D eigenvalue weighted by Crippen LogP contribution is -2.34. The van der Waals surface area contributed by atoms with Crippen molar-refractivity contribution in [3.63, 3.8) is 0 Å². The van der Waals surface area contributed by atoms with Crippen LogP contribution in [-0.2, 0) is 11.2 Å². The van der Waals surface area contributed by atoms with Crippen LogP contribution < -0.4 is 10.6 Å². The van der Waals surface area contributed by atoms with Gasteiger partial charge in [-0.05, 0) is 32.4 Å². The summed E-state index contributed by atoms with van der Waals surface area (Å²) in [5.41, 5.74) is 0. The van der Waals surface area contributed by atoms with Gasteiger partial charge in [0.2, 0.25) is 11.0 Å². The smallest absolute Gasteiger partial charge is 0.229 e. The van der Waals surface area contributed by atoms with E-state index in [2.05, 4.69) is 27.8 Å². The highest BCUT2D eigenvalue weighted by Gasteiger charge is 2.21. The number of carbonyl (C=O) groups excluding carboxylic acids is 1. The lowest BCUT2D eigenvalue weighted by molar-refractivity contribution is -0.120. The molecule has 1 fully saturated rings. The van der Waals surface area contributed by atoms with E-state index in [4.69, 9.17) is 0 Å². The summed E-state index contributed by atoms with van der Waals surface area (Å²) in [6.07, 6.45) is 3.80. The third-order valence-corrected chi connectivity index (χ3v) is 3.77. The zero-order chi connectivity index (χ0) is 12.1. The molecule has 0 radical (unpaired) electrons. The van der Waals surface area contributed by atoms with Crippen molar-refractivity contribution in [3.05, 3.63) is 5.01 Å². The highest BCUT2D eigenvalue weighted by molar-refractivity contribution is 7.15. The molecule has 1 aliphatic rings. The van der Waals surface area contributed by atoms with Gasteiger partial charge in [-0.3, -0.25) is 4.79 Å². The molecule has 5 nitrogen and oxygen atoms in total. The average Bonchev–Trinajstić information content (AvgIpc) is 2.78. The number of rotatable bonds is 4. The van der Waals surface area contributed by atoms with Gasteiger partial charge >= 0.3 is 0 Å². The van der Waals surface area contributed by atoms with Crippen molar-refractivity contribution >= 4 is 22.4 Å². The van der Waals surface area contributed by atoms with Gasteiger partial charge in [-0.25, -0.2) is 0 Å². The van der Waals surface area contributed by atoms with Crippen LogP contribution in [0.15, 0.2) is 0 Å². The highest BCUT2D eigenvalue weighted by Crippen LogP contribution is 2.19. The topological polar surface area (TPSA) is 66.9 Å². The molecule has 1 aromatic heterocycles. The minimum absolute atomic E-state index is 0.0886. The normalized spacial score (nSPS) is 17.0. The Kier molecular flexibility index (Phi) is 4.44. The van der Waals surface area contributed by atoms with E-state index in [0.29, 0.717) is 5.13 Å². The lowest BCUT2D eigenvalue weighted by Gasteiger charge is -2.20. The molecule has 1 aliphatic heterocycles. The maximum atomic E-state index is 11.9. The summed E-state index contributed by atoms with van der Waals surface area (Å²) >= 11 is 1.48. The molecule has 0 spiro atoms. The molecule has 0 bridgehead atoms. The van der Waals surface area contributed by atoms with Crippen molar-refractivity contribution in [2.75, 3.05) is 18.4 Å². The van der Waals surface area contributed by atoms with E-state index in [1.807, 2.05) is 0 Å². The maximum absolute atomic E-state index is 11.9. The second-order valence-corrected chi connectivity index (χ2v) is 5.33. The number of amides is 1. The van der Waals surface area contributed by atoms with Crippen LogP contribution in [0.5, 0.6) is 0 Å². The van der Waals surface area contributed by atoms with Crippen LogP contribution in [0.3, 0.4) is 0 Å². The summed E-state index contributed by atoms with van der Waals surface area (Å²) in [4.78, 5) is 11.9. The monoisotopic (exact) mass is 254 g/mol. The first-order valence-electron chi connectivity index (χ1n) is 6.13. The SMILES string of the molecule is CCCc1nnc(NC(=O)C2CCNCC2)s1. The molecule has 6 heteroatoms. The van der Waals surface area contributed by atoms with Crippen LogP contribution in [0.2, 0.25) is 0 Å². The number of hydrogen-bond donors (Lipinski definition) is 2. The Morgan fingerprint density at radius 2 is 2.24 bits per heavy atom. The summed E-state index contributed by atoms with van der Waals surface area (Å²) in [5.74, 6) is 0.209. The number of nitrogens with zero attached hydrogens (tertiary/aromatic N) is 2. The standard InChI is InChI=1S/C11H18N4OS/c1-2-3-9-14-15-11(17-9)13-10(16)8-4-6-12-7-5-8/h8,12H,2-7H2,1H3,(H,13,15,16). The molecule has 2 N–H and O–H groups in total. The van der Waals surface area contributed by atoms with E-state index in [9.17, 15) is 4.79 Å². The molecule has 1 amide bonds. The quantitative estimate of drug-likeness (QED) is 0.853. The summed E-state index contributed by atoms with van der Waals surface area (Å²) in [5, 5.41) is 15.8. The second-order valence-electron chi connectivity index (χ2n) is 4.26. The highest BCUT2D eigenvalue weighted by atomic mass is 32.1. The number of aromatic nitrogens is 2. The van der Waals surface area contributed by atoms with Crippen LogP contribution in [0.25, 0.3) is 0 Å². The van der Waals surface area contributed by atoms with Gasteiger partial charge < -0.3 is 10.6 Å². The molecule has 0 aromatic carbocycles. The molecule has 2 heterocycles. The first-order chi connectivity index (χ1) is 8.29. The summed E-state index contributed by atoms with van der Waals surface area (Å²) in [7, 11) is 0. The fourth-order valence-electron chi connectivity index (χ4n) is 1.91. The Morgan fingerprint density at radius 3 is 2.94 bits per heavy atom. The molecule has 2 rings (SSSR count). The van der Waals surface area contributed by atoms with Crippen molar-refractivity contribution in [3.8, 4) is 0 Å². The minimum Gasteiger partial charge on any atom is -0.317 e. The summed E-state index contributed by atoms with van der Waals surface area (Å²) < 4.78 is 0. The molecule has 0 saturated carbocycles. The Labute approximate surface area is 105 Å². The van der Waals surface area contributed by atoms with Gasteiger partial charge in [0.1, 0.15) is 5.01 Å². The molecule has 1 saturated heterocycles. The Bertz CT molecular complexity index is 373. The average molecular weight is 254 g/mol. The zero-order valence-electron chi connectivity index (χ0n) is 10.0. The van der Waals surface area contributed by atoms with Gasteiger partial charge in [0, 0.05) is 12.3 Å². The van der Waals surface area contributed by atoms with E-state index in [0.717, 1.165) is 43.8 Å². The third kappa shape index (κ3) is 3.47. The van der Waals surface area contributed by atoms with Crippen LogP contribution in [0.4, 0.5) is 5.13 Å². The number of nitrogens with one attached hydrogen (secondary N) is 2. The largest absolute Gasteiger partial charge is 0.317 e. The van der Waals surface area contributed by atoms with Gasteiger partial charge in [0.05, 0.1) is 0 Å². The number of carbonyl (C=O) groups is 1. The van der Waals surface area contributed by atoms with E-state index in [1.165, 1.54) is 11.3 Å². The molecular formula is C11H18N4OS. The molecule has 0 aliphatic carbocycles. The van der Waals surface area contributed by atoms with E-state index in [1.54, 1.807) is 0 Å². The van der Waals surface area contributed by atoms with Gasteiger partial charge in [-0.15, -0.1) is 10.2 Å². The molecule has 0 atom stereocenters. The first kappa shape index (κ1) is 12.4. The van der Waals surface area contributed by atoms with E-state index < -0.39 is 0 Å². The fraction of sp³-hybridized carbons (Fsp3) is 0.727. The van der Waals surface area contributed by atoms with Gasteiger partial charge in [-0.2, -0.15) is 0 Å².